The van der Waals surface area contributed by atoms with Crippen LogP contribution in [0, 0.1) is 17.0 Å². The maximum atomic E-state index is 13.4. The van der Waals surface area contributed by atoms with Crippen molar-refractivity contribution in [3.63, 3.8) is 0 Å². The molecule has 2 aromatic heterocycles. The van der Waals surface area contributed by atoms with Crippen molar-refractivity contribution in [2.24, 2.45) is 5.10 Å². The van der Waals surface area contributed by atoms with Gasteiger partial charge in [0.15, 0.2) is 16.7 Å². The molecule has 0 saturated carbocycles. The molecule has 0 aliphatic carbocycles. The van der Waals surface area contributed by atoms with Gasteiger partial charge in [-0.3, -0.25) is 19.7 Å². The number of ether oxygens (including phenoxy) is 2. The van der Waals surface area contributed by atoms with Crippen molar-refractivity contribution in [1.82, 2.24) is 9.66 Å². The molecule has 0 atom stereocenters. The van der Waals surface area contributed by atoms with Crippen LogP contribution >= 0.6 is 23.1 Å². The molecular weight excluding hydrogens is 518 g/mol. The smallest absolute Gasteiger partial charge is 0.283 e. The summed E-state index contributed by atoms with van der Waals surface area (Å²) in [5, 5.41) is 19.2. The summed E-state index contributed by atoms with van der Waals surface area (Å²) in [5.74, 6) is 1.20. The van der Waals surface area contributed by atoms with Crippen molar-refractivity contribution >= 4 is 56.3 Å². The lowest BCUT2D eigenvalue weighted by atomic mass is 10.1. The molecule has 0 fully saturated rings. The Kier molecular flexibility index (Phi) is 5.65. The molecule has 0 radical (unpaired) electrons. The first-order valence-electron chi connectivity index (χ1n) is 11.1. The highest BCUT2D eigenvalue weighted by Gasteiger charge is 2.25. The van der Waals surface area contributed by atoms with Gasteiger partial charge in [0.25, 0.3) is 17.2 Å². The highest BCUT2D eigenvalue weighted by Crippen LogP contribution is 2.34. The number of carbonyl (C=O) groups excluding carboxylic acids is 1. The fourth-order valence-corrected chi connectivity index (χ4v) is 6.10. The number of thioether (sulfide) groups is 1. The predicted molar refractivity (Wildman–Crippen MR) is 140 cm³/mol. The molecular formula is C24H17N5O6S2. The number of aromatic nitrogens is 2. The van der Waals surface area contributed by atoms with Crippen molar-refractivity contribution < 1.29 is 19.2 Å². The second-order valence-electron chi connectivity index (χ2n) is 8.20. The van der Waals surface area contributed by atoms with E-state index in [4.69, 9.17) is 9.47 Å². The second kappa shape index (κ2) is 9.01. The van der Waals surface area contributed by atoms with Crippen LogP contribution in [0.2, 0.25) is 0 Å². The van der Waals surface area contributed by atoms with Crippen LogP contribution in [0.4, 0.5) is 11.4 Å². The lowest BCUT2D eigenvalue weighted by Crippen LogP contribution is -2.25. The number of aryl methyl sites for hydroxylation is 1. The van der Waals surface area contributed by atoms with Crippen molar-refractivity contribution in [3.05, 3.63) is 78.9 Å². The summed E-state index contributed by atoms with van der Waals surface area (Å²) in [4.78, 5) is 42.7. The summed E-state index contributed by atoms with van der Waals surface area (Å²) in [6.45, 7) is 2.61. The number of carbonyl (C=O) groups is 1. The molecule has 37 heavy (non-hydrogen) atoms. The number of anilines is 1. The quantitative estimate of drug-likeness (QED) is 0.235. The van der Waals surface area contributed by atoms with Crippen LogP contribution in [0.25, 0.3) is 10.2 Å². The molecule has 2 aliphatic rings. The van der Waals surface area contributed by atoms with E-state index in [2.05, 4.69) is 15.4 Å². The van der Waals surface area contributed by atoms with Gasteiger partial charge in [-0.05, 0) is 24.6 Å². The number of non-ortho nitro benzene ring substituents is 1. The molecule has 1 N–H and O–H groups in total. The predicted octanol–water partition coefficient (Wildman–Crippen LogP) is 4.06. The van der Waals surface area contributed by atoms with Crippen LogP contribution in [-0.4, -0.2) is 45.2 Å². The molecule has 1 amide bonds. The lowest BCUT2D eigenvalue weighted by molar-refractivity contribution is -0.384. The number of hydrogen-bond acceptors (Lipinski definition) is 10. The van der Waals surface area contributed by atoms with E-state index in [1.54, 1.807) is 37.3 Å². The fourth-order valence-electron chi connectivity index (χ4n) is 4.09. The molecule has 0 unspecified atom stereocenters. The van der Waals surface area contributed by atoms with E-state index < -0.39 is 10.5 Å². The van der Waals surface area contributed by atoms with Gasteiger partial charge in [0.1, 0.15) is 18.0 Å². The monoisotopic (exact) mass is 535 g/mol. The molecule has 11 nitrogen and oxygen atoms in total. The molecule has 4 heterocycles. The normalized spacial score (nSPS) is 14.1. The zero-order valence-corrected chi connectivity index (χ0v) is 20.9. The summed E-state index contributed by atoms with van der Waals surface area (Å²) in [7, 11) is 0. The minimum atomic E-state index is -0.475. The Balaban J connectivity index is 1.35. The van der Waals surface area contributed by atoms with E-state index in [0.29, 0.717) is 73.2 Å². The van der Waals surface area contributed by atoms with Crippen LogP contribution in [0.5, 0.6) is 11.5 Å². The number of nitro benzene ring substituents is 1. The third-order valence-corrected chi connectivity index (χ3v) is 7.99. The molecule has 0 bridgehead atoms. The Hall–Kier alpha value is -4.23. The molecule has 13 heteroatoms. The van der Waals surface area contributed by atoms with Crippen molar-refractivity contribution in [1.29, 1.82) is 0 Å². The number of nitrogens with one attached hydrogen (secondary N) is 1. The highest BCUT2D eigenvalue weighted by molar-refractivity contribution is 7.99. The molecule has 186 valence electrons. The van der Waals surface area contributed by atoms with E-state index in [1.165, 1.54) is 28.6 Å². The number of thiophene rings is 1. The minimum Gasteiger partial charge on any atom is -0.486 e. The van der Waals surface area contributed by atoms with E-state index in [0.717, 1.165) is 11.3 Å². The van der Waals surface area contributed by atoms with Crippen LogP contribution in [0.3, 0.4) is 0 Å². The Morgan fingerprint density at radius 2 is 1.97 bits per heavy atom. The van der Waals surface area contributed by atoms with Gasteiger partial charge in [0.2, 0.25) is 0 Å². The Morgan fingerprint density at radius 1 is 1.16 bits per heavy atom. The van der Waals surface area contributed by atoms with E-state index in [-0.39, 0.29) is 11.6 Å². The number of amides is 1. The van der Waals surface area contributed by atoms with Gasteiger partial charge in [-0.25, -0.2) is 4.98 Å². The van der Waals surface area contributed by atoms with Gasteiger partial charge in [-0.15, -0.1) is 11.3 Å². The summed E-state index contributed by atoms with van der Waals surface area (Å²) < 4.78 is 12.3. The number of nitrogens with zero attached hydrogens (tertiary/aromatic N) is 4. The number of benzene rings is 2. The maximum Gasteiger partial charge on any atom is 0.283 e. The summed E-state index contributed by atoms with van der Waals surface area (Å²) in [5.41, 5.74) is 1.67. The number of fused-ring (bicyclic) bond motifs is 3. The summed E-state index contributed by atoms with van der Waals surface area (Å²) in [6, 6.07) is 11.3. The zero-order chi connectivity index (χ0) is 25.7. The van der Waals surface area contributed by atoms with Crippen LogP contribution < -0.4 is 20.3 Å². The number of nitro groups is 1. The minimum absolute atomic E-state index is 0.0562. The largest absolute Gasteiger partial charge is 0.486 e. The van der Waals surface area contributed by atoms with Gasteiger partial charge >= 0.3 is 0 Å². The zero-order valence-electron chi connectivity index (χ0n) is 19.2. The molecule has 6 rings (SSSR count). The van der Waals surface area contributed by atoms with E-state index >= 15 is 0 Å². The Bertz CT molecular complexity index is 1710. The maximum absolute atomic E-state index is 13.4. The Labute approximate surface area is 216 Å². The first-order valence-corrected chi connectivity index (χ1v) is 12.9. The van der Waals surface area contributed by atoms with E-state index in [1.807, 2.05) is 0 Å². The van der Waals surface area contributed by atoms with E-state index in [9.17, 15) is 19.7 Å². The SMILES string of the molecule is Cc1c(C(=O)Nc2ccc3c(c2)OCCO3)sc2nc3n(c(=O)c12)N=C(c1cccc([N+](=O)[O-])c1)CS3. The third kappa shape index (κ3) is 4.11. The third-order valence-electron chi connectivity index (χ3n) is 5.87. The average molecular weight is 536 g/mol. The molecule has 4 aromatic rings. The number of rotatable bonds is 4. The van der Waals surface area contributed by atoms with Gasteiger partial charge < -0.3 is 14.8 Å². The average Bonchev–Trinajstić information content (AvgIpc) is 3.25. The van der Waals surface area contributed by atoms with Crippen LogP contribution in [0.1, 0.15) is 20.8 Å². The fraction of sp³-hybridized carbons (Fsp3) is 0.167. The topological polar surface area (TPSA) is 138 Å². The summed E-state index contributed by atoms with van der Waals surface area (Å²) >= 11 is 2.45. The van der Waals surface area contributed by atoms with Gasteiger partial charge in [-0.2, -0.15) is 9.78 Å². The molecule has 0 saturated heterocycles. The van der Waals surface area contributed by atoms with Gasteiger partial charge in [-0.1, -0.05) is 23.9 Å². The Morgan fingerprint density at radius 3 is 2.78 bits per heavy atom. The lowest BCUT2D eigenvalue weighted by Gasteiger charge is -2.18. The van der Waals surface area contributed by atoms with Crippen molar-refractivity contribution in [2.75, 3.05) is 24.3 Å². The molecule has 2 aliphatic heterocycles. The van der Waals surface area contributed by atoms with Crippen LogP contribution in [0.15, 0.2) is 57.5 Å². The van der Waals surface area contributed by atoms with Gasteiger partial charge in [0.05, 0.1) is 20.9 Å². The molecule has 2 aromatic carbocycles. The van der Waals surface area contributed by atoms with Crippen molar-refractivity contribution in [3.8, 4) is 11.5 Å². The van der Waals surface area contributed by atoms with Crippen molar-refractivity contribution in [2.45, 2.75) is 12.1 Å². The van der Waals surface area contributed by atoms with Crippen LogP contribution in [-0.2, 0) is 0 Å². The second-order valence-corrected chi connectivity index (χ2v) is 10.1. The first kappa shape index (κ1) is 23.2. The molecule has 0 spiro atoms. The summed E-state index contributed by atoms with van der Waals surface area (Å²) in [6.07, 6.45) is 0. The standard InChI is InChI=1S/C24H17N5O6S2/c1-12-19-22(37-20(12)21(30)25-14-5-6-17-18(10-14)35-8-7-34-17)26-24-28(23(19)31)27-16(11-36-24)13-3-2-4-15(9-13)29(32)33/h2-6,9-10H,7-8,11H2,1H3,(H,25,30). The first-order chi connectivity index (χ1) is 17.9. The van der Waals surface area contributed by atoms with Gasteiger partial charge in [0, 0.05) is 35.2 Å². The number of hydrogen-bond donors (Lipinski definition) is 1. The highest BCUT2D eigenvalue weighted by atomic mass is 32.2.